The first-order valence-electron chi connectivity index (χ1n) is 33.6. The van der Waals surface area contributed by atoms with Crippen LogP contribution >= 0.6 is 0 Å². The summed E-state index contributed by atoms with van der Waals surface area (Å²) in [5, 5.41) is 47.1. The fourth-order valence-corrected chi connectivity index (χ4v) is 12.1. The van der Waals surface area contributed by atoms with Crippen LogP contribution in [0.5, 0.6) is 0 Å². The number of methoxy groups -OCH3 is 3. The van der Waals surface area contributed by atoms with Gasteiger partial charge in [-0.3, -0.25) is 0 Å². The Morgan fingerprint density at radius 2 is 0.697 bits per heavy atom. The number of aryl methyl sites for hydroxylation is 11. The zero-order valence-corrected chi connectivity index (χ0v) is 56.1. The second kappa shape index (κ2) is 40.9. The lowest BCUT2D eigenvalue weighted by Gasteiger charge is -2.32. The maximum Gasteiger partial charge on any atom is 0.0563 e. The van der Waals surface area contributed by atoms with Crippen molar-refractivity contribution >= 4 is 0 Å². The summed E-state index contributed by atoms with van der Waals surface area (Å²) in [6.45, 7) is 14.7. The smallest absolute Gasteiger partial charge is 0.0563 e. The summed E-state index contributed by atoms with van der Waals surface area (Å²) in [7, 11) is 5.24. The normalized spacial score (nSPS) is 11.6. The van der Waals surface area contributed by atoms with Crippen molar-refractivity contribution < 1.29 is 39.7 Å². The van der Waals surface area contributed by atoms with Crippen molar-refractivity contribution in [2.45, 2.75) is 164 Å². The highest BCUT2D eigenvalue weighted by Gasteiger charge is 2.31. The van der Waals surface area contributed by atoms with Crippen LogP contribution in [0.1, 0.15) is 154 Å². The molecule has 0 saturated carbocycles. The maximum absolute atomic E-state index is 9.49. The van der Waals surface area contributed by atoms with Crippen molar-refractivity contribution in [2.24, 2.45) is 16.7 Å². The third kappa shape index (κ3) is 23.8. The van der Waals surface area contributed by atoms with Gasteiger partial charge >= 0.3 is 0 Å². The standard InChI is InChI=1S/C32H42O2.C26H38O3.C23H32O3/c1-3-5-6-7-25-10-17-31(18-11-25)32-19-13-26(14-20-32)12-16-30-21-15-27(22-29(30)4-2)8-9-28(23-33)24-34;1-6-8-21-9-12-24(13-10-21)25-14-11-22(17-23(25)7-2)15-16-26(18-27-3,19-28-4)20-29-5;1-3-5-18-6-9-21(10-7-18)22-11-8-19(14-20(22)4-2)12-13-23(15-24,16-25)17-26/h10-11,13-15,17-22,28,33-34H,3-9,12,16,23-24H2,1-2H3;9-14,17H,6-8,15-16,18-20H2,1-5H3;6-11,14,24-26H,3-5,12-13,15-17H2,1-2H3. The van der Waals surface area contributed by atoms with E-state index >= 15 is 0 Å². The largest absolute Gasteiger partial charge is 0.396 e. The summed E-state index contributed by atoms with van der Waals surface area (Å²) in [4.78, 5) is 0. The predicted octanol–water partition coefficient (Wildman–Crippen LogP) is 16.5. The Labute approximate surface area is 537 Å². The fourth-order valence-electron chi connectivity index (χ4n) is 12.1. The first kappa shape index (κ1) is 74.0. The van der Waals surface area contributed by atoms with Gasteiger partial charge in [0.15, 0.2) is 0 Å². The first-order chi connectivity index (χ1) is 43.4. The van der Waals surface area contributed by atoms with E-state index in [0.717, 1.165) is 83.5 Å². The van der Waals surface area contributed by atoms with E-state index in [4.69, 9.17) is 14.2 Å². The van der Waals surface area contributed by atoms with Crippen LogP contribution in [0, 0.1) is 16.7 Å². The summed E-state index contributed by atoms with van der Waals surface area (Å²) in [5.41, 5.74) is 21.8. The highest BCUT2D eigenvalue weighted by molar-refractivity contribution is 5.69. The molecule has 0 aliphatic carbocycles. The summed E-state index contributed by atoms with van der Waals surface area (Å²) >= 11 is 0. The van der Waals surface area contributed by atoms with Gasteiger partial charge in [0, 0.05) is 51.3 Å². The molecule has 8 heteroatoms. The van der Waals surface area contributed by atoms with Crippen molar-refractivity contribution in [2.75, 3.05) is 74.2 Å². The van der Waals surface area contributed by atoms with E-state index in [1.165, 1.54) is 127 Å². The zero-order chi connectivity index (χ0) is 64.3. The Morgan fingerprint density at radius 1 is 0.326 bits per heavy atom. The molecule has 0 aliphatic rings. The van der Waals surface area contributed by atoms with Gasteiger partial charge in [0.25, 0.3) is 0 Å². The van der Waals surface area contributed by atoms with Crippen LogP contribution in [0.2, 0.25) is 0 Å². The second-order valence-corrected chi connectivity index (χ2v) is 24.9. The number of hydrogen-bond acceptors (Lipinski definition) is 8. The molecule has 0 aromatic heterocycles. The Hall–Kier alpha value is -5.78. The topological polar surface area (TPSA) is 129 Å². The van der Waals surface area contributed by atoms with E-state index in [1.54, 1.807) is 21.3 Å². The highest BCUT2D eigenvalue weighted by atomic mass is 16.5. The van der Waals surface area contributed by atoms with Crippen LogP contribution in [-0.4, -0.2) is 99.7 Å². The molecule has 0 aliphatic heterocycles. The summed E-state index contributed by atoms with van der Waals surface area (Å²) in [6, 6.07) is 56.2. The predicted molar refractivity (Wildman–Crippen MR) is 373 cm³/mol. The molecule has 0 fully saturated rings. The van der Waals surface area contributed by atoms with E-state index in [1.807, 2.05) is 0 Å². The first-order valence-corrected chi connectivity index (χ1v) is 33.6. The van der Waals surface area contributed by atoms with Crippen LogP contribution in [-0.2, 0) is 84.8 Å². The SMILES string of the molecule is CCCCCc1ccc(-c2ccc(CCc3ccc(CCC(CO)CO)cc3CC)cc2)cc1.CCCc1ccc(-c2ccc(CCC(CO)(CO)CO)cc2CC)cc1.CCCc1ccc(-c2ccc(CCC(COC)(COC)COC)cc2CC)cc1. The van der Waals surface area contributed by atoms with Gasteiger partial charge in [-0.1, -0.05) is 219 Å². The zero-order valence-electron chi connectivity index (χ0n) is 56.1. The molecule has 484 valence electrons. The summed E-state index contributed by atoms with van der Waals surface area (Å²) < 4.78 is 16.5. The number of rotatable bonds is 37. The van der Waals surface area contributed by atoms with Gasteiger partial charge in [0.1, 0.15) is 0 Å². The average Bonchev–Trinajstić information content (AvgIpc) is 3.31. The molecule has 0 spiro atoms. The molecule has 0 amide bonds. The lowest BCUT2D eigenvalue weighted by Crippen LogP contribution is -2.37. The van der Waals surface area contributed by atoms with E-state index in [0.29, 0.717) is 26.2 Å². The molecule has 5 N–H and O–H groups in total. The molecular formula is C81H112O8. The van der Waals surface area contributed by atoms with Gasteiger partial charge in [-0.2, -0.15) is 0 Å². The average molecular weight is 1210 g/mol. The van der Waals surface area contributed by atoms with Gasteiger partial charge in [0.05, 0.1) is 39.6 Å². The van der Waals surface area contributed by atoms with Crippen molar-refractivity contribution in [1.82, 2.24) is 0 Å². The summed E-state index contributed by atoms with van der Waals surface area (Å²) in [5.74, 6) is -0.0172. The number of aliphatic hydroxyl groups is 5. The monoisotopic (exact) mass is 1210 g/mol. The van der Waals surface area contributed by atoms with Gasteiger partial charge in [-0.25, -0.2) is 0 Å². The Balaban J connectivity index is 0.000000245. The maximum atomic E-state index is 9.49. The second-order valence-electron chi connectivity index (χ2n) is 24.9. The minimum Gasteiger partial charge on any atom is -0.396 e. The molecule has 7 rings (SSSR count). The molecule has 0 heterocycles. The minimum atomic E-state index is -0.805. The molecule has 89 heavy (non-hydrogen) atoms. The Bertz CT molecular complexity index is 2990. The molecule has 7 aromatic carbocycles. The quantitative estimate of drug-likeness (QED) is 0.0244. The van der Waals surface area contributed by atoms with Crippen LogP contribution in [0.3, 0.4) is 0 Å². The third-order valence-corrected chi connectivity index (χ3v) is 18.0. The minimum absolute atomic E-state index is 0.0172. The van der Waals surface area contributed by atoms with Crippen LogP contribution in [0.4, 0.5) is 0 Å². The van der Waals surface area contributed by atoms with E-state index in [-0.39, 0.29) is 44.4 Å². The van der Waals surface area contributed by atoms with Crippen molar-refractivity contribution in [3.8, 4) is 33.4 Å². The molecule has 0 atom stereocenters. The highest BCUT2D eigenvalue weighted by Crippen LogP contribution is 2.32. The van der Waals surface area contributed by atoms with E-state index in [2.05, 4.69) is 193 Å². The van der Waals surface area contributed by atoms with E-state index < -0.39 is 5.41 Å². The number of ether oxygens (including phenoxy) is 3. The number of unbranched alkanes of at least 4 members (excludes halogenated alkanes) is 2. The molecular weight excluding hydrogens is 1100 g/mol. The third-order valence-electron chi connectivity index (χ3n) is 18.0. The van der Waals surface area contributed by atoms with Gasteiger partial charge < -0.3 is 39.7 Å². The van der Waals surface area contributed by atoms with Crippen LogP contribution in [0.15, 0.2) is 152 Å². The number of aliphatic hydroxyl groups excluding tert-OH is 5. The fraction of sp³-hybridized carbons (Fsp3) is 0.481. The lowest BCUT2D eigenvalue weighted by atomic mass is 9.83. The number of benzene rings is 7. The van der Waals surface area contributed by atoms with Crippen LogP contribution < -0.4 is 0 Å². The molecule has 0 bridgehead atoms. The molecule has 8 nitrogen and oxygen atoms in total. The van der Waals surface area contributed by atoms with E-state index in [9.17, 15) is 25.5 Å². The molecule has 7 aromatic rings. The van der Waals surface area contributed by atoms with Crippen molar-refractivity contribution in [3.63, 3.8) is 0 Å². The summed E-state index contributed by atoms with van der Waals surface area (Å²) in [6.07, 6.45) is 19.7. The molecule has 0 unspecified atom stereocenters. The molecule has 0 radical (unpaired) electrons. The van der Waals surface area contributed by atoms with Crippen molar-refractivity contribution in [1.29, 1.82) is 0 Å². The van der Waals surface area contributed by atoms with Crippen LogP contribution in [0.25, 0.3) is 33.4 Å². The Morgan fingerprint density at radius 3 is 1.09 bits per heavy atom. The van der Waals surface area contributed by atoms with Gasteiger partial charge in [-0.15, -0.1) is 0 Å². The number of hydrogen-bond donors (Lipinski definition) is 5. The lowest BCUT2D eigenvalue weighted by molar-refractivity contribution is -0.0428. The van der Waals surface area contributed by atoms with Gasteiger partial charge in [-0.05, 0) is 191 Å². The van der Waals surface area contributed by atoms with Crippen molar-refractivity contribution in [3.05, 3.63) is 213 Å². The molecule has 0 saturated heterocycles. The Kier molecular flexibility index (Phi) is 33.9. The van der Waals surface area contributed by atoms with Gasteiger partial charge in [0.2, 0.25) is 0 Å².